The summed E-state index contributed by atoms with van der Waals surface area (Å²) in [5.74, 6) is -0.303. The van der Waals surface area contributed by atoms with E-state index in [1.807, 2.05) is 19.1 Å². The SMILES string of the molecule is CCCS(=O)(=O)N1CCC(NC(=O)c2cc([N+](=O)[O-])ccc2Sc2ccc(Cl)cc2)CC1. The molecule has 8 nitrogen and oxygen atoms in total. The van der Waals surface area contributed by atoms with Crippen molar-refractivity contribution in [3.8, 4) is 0 Å². The van der Waals surface area contributed by atoms with Gasteiger partial charge >= 0.3 is 0 Å². The zero-order chi connectivity index (χ0) is 23.3. The highest BCUT2D eigenvalue weighted by atomic mass is 35.5. The molecule has 0 spiro atoms. The van der Waals surface area contributed by atoms with Crippen LogP contribution in [0.25, 0.3) is 0 Å². The summed E-state index contributed by atoms with van der Waals surface area (Å²) in [6.45, 7) is 2.51. The molecule has 1 aliphatic heterocycles. The van der Waals surface area contributed by atoms with Crippen LogP contribution in [0.3, 0.4) is 0 Å². The highest BCUT2D eigenvalue weighted by Crippen LogP contribution is 2.33. The van der Waals surface area contributed by atoms with Crippen molar-refractivity contribution >= 4 is 45.0 Å². The lowest BCUT2D eigenvalue weighted by Gasteiger charge is -2.31. The normalized spacial score (nSPS) is 15.4. The first-order valence-electron chi connectivity index (χ1n) is 10.2. The molecule has 2 aromatic carbocycles. The lowest BCUT2D eigenvalue weighted by molar-refractivity contribution is -0.384. The largest absolute Gasteiger partial charge is 0.349 e. The maximum Gasteiger partial charge on any atom is 0.270 e. The van der Waals surface area contributed by atoms with Crippen molar-refractivity contribution in [1.29, 1.82) is 0 Å². The molecule has 0 aromatic heterocycles. The summed E-state index contributed by atoms with van der Waals surface area (Å²) in [6.07, 6.45) is 1.53. The van der Waals surface area contributed by atoms with Crippen molar-refractivity contribution < 1.29 is 18.1 Å². The van der Waals surface area contributed by atoms with Crippen LogP contribution < -0.4 is 5.32 Å². The Morgan fingerprint density at radius 3 is 2.47 bits per heavy atom. The Morgan fingerprint density at radius 1 is 1.22 bits per heavy atom. The Kier molecular flexibility index (Phi) is 8.16. The first-order valence-corrected chi connectivity index (χ1v) is 13.0. The second-order valence-electron chi connectivity index (χ2n) is 7.46. The van der Waals surface area contributed by atoms with Crippen LogP contribution in [0.1, 0.15) is 36.5 Å². The second kappa shape index (κ2) is 10.7. The van der Waals surface area contributed by atoms with Gasteiger partial charge in [-0.15, -0.1) is 0 Å². The zero-order valence-electron chi connectivity index (χ0n) is 17.5. The molecular formula is C21H24ClN3O5S2. The van der Waals surface area contributed by atoms with Crippen molar-refractivity contribution in [2.45, 2.75) is 42.0 Å². The maximum absolute atomic E-state index is 13.0. The molecule has 1 saturated heterocycles. The Bertz CT molecular complexity index is 1090. The van der Waals surface area contributed by atoms with E-state index in [0.717, 1.165) is 4.90 Å². The van der Waals surface area contributed by atoms with Gasteiger partial charge in [0.15, 0.2) is 0 Å². The molecule has 1 aliphatic rings. The Hall–Kier alpha value is -2.14. The molecule has 0 atom stereocenters. The topological polar surface area (TPSA) is 110 Å². The number of non-ortho nitro benzene ring substituents is 1. The van der Waals surface area contributed by atoms with Crippen LogP contribution in [-0.4, -0.2) is 48.4 Å². The first-order chi connectivity index (χ1) is 15.2. The van der Waals surface area contributed by atoms with Crippen LogP contribution in [0.4, 0.5) is 5.69 Å². The number of carbonyl (C=O) groups excluding carboxylic acids is 1. The number of carbonyl (C=O) groups is 1. The van der Waals surface area contributed by atoms with Gasteiger partial charge in [0.25, 0.3) is 11.6 Å². The van der Waals surface area contributed by atoms with Crippen molar-refractivity contribution in [3.63, 3.8) is 0 Å². The molecular weight excluding hydrogens is 474 g/mol. The van der Waals surface area contributed by atoms with Gasteiger partial charge in [-0.2, -0.15) is 0 Å². The van der Waals surface area contributed by atoms with Gasteiger partial charge in [0.2, 0.25) is 10.0 Å². The highest BCUT2D eigenvalue weighted by Gasteiger charge is 2.29. The minimum Gasteiger partial charge on any atom is -0.349 e. The lowest BCUT2D eigenvalue weighted by Crippen LogP contribution is -2.47. The van der Waals surface area contributed by atoms with Gasteiger partial charge in [0.05, 0.1) is 16.2 Å². The molecule has 1 heterocycles. The van der Waals surface area contributed by atoms with E-state index in [0.29, 0.717) is 42.3 Å². The summed E-state index contributed by atoms with van der Waals surface area (Å²) in [6, 6.07) is 11.1. The zero-order valence-corrected chi connectivity index (χ0v) is 19.9. The van der Waals surface area contributed by atoms with Crippen LogP contribution in [0.5, 0.6) is 0 Å². The fourth-order valence-electron chi connectivity index (χ4n) is 3.46. The van der Waals surface area contributed by atoms with Crippen LogP contribution in [0.15, 0.2) is 52.3 Å². The average molecular weight is 498 g/mol. The summed E-state index contributed by atoms with van der Waals surface area (Å²) in [5, 5.41) is 14.8. The Morgan fingerprint density at radius 2 is 1.88 bits per heavy atom. The van der Waals surface area contributed by atoms with E-state index in [-0.39, 0.29) is 23.0 Å². The van der Waals surface area contributed by atoms with Gasteiger partial charge < -0.3 is 5.32 Å². The quantitative estimate of drug-likeness (QED) is 0.429. The molecule has 3 rings (SSSR count). The van der Waals surface area contributed by atoms with Crippen LogP contribution in [0.2, 0.25) is 5.02 Å². The van der Waals surface area contributed by atoms with Gasteiger partial charge in [-0.3, -0.25) is 14.9 Å². The van der Waals surface area contributed by atoms with Gasteiger partial charge in [0.1, 0.15) is 0 Å². The molecule has 2 aromatic rings. The van der Waals surface area contributed by atoms with Crippen LogP contribution >= 0.6 is 23.4 Å². The van der Waals surface area contributed by atoms with Crippen LogP contribution in [0, 0.1) is 10.1 Å². The molecule has 1 amide bonds. The number of hydrogen-bond donors (Lipinski definition) is 1. The number of nitrogens with one attached hydrogen (secondary N) is 1. The summed E-state index contributed by atoms with van der Waals surface area (Å²) >= 11 is 7.24. The number of halogens is 1. The van der Waals surface area contributed by atoms with Crippen molar-refractivity contribution in [1.82, 2.24) is 9.62 Å². The summed E-state index contributed by atoms with van der Waals surface area (Å²) in [7, 11) is -3.26. The molecule has 0 aliphatic carbocycles. The third kappa shape index (κ3) is 6.22. The van der Waals surface area contributed by atoms with E-state index in [4.69, 9.17) is 11.6 Å². The number of amides is 1. The number of sulfonamides is 1. The molecule has 11 heteroatoms. The van der Waals surface area contributed by atoms with E-state index in [2.05, 4.69) is 5.32 Å². The van der Waals surface area contributed by atoms with Crippen molar-refractivity contribution in [2.75, 3.05) is 18.8 Å². The molecule has 1 N–H and O–H groups in total. The Labute approximate surface area is 196 Å². The van der Waals surface area contributed by atoms with Crippen LogP contribution in [-0.2, 0) is 10.0 Å². The van der Waals surface area contributed by atoms with Gasteiger partial charge in [-0.1, -0.05) is 30.3 Å². The van der Waals surface area contributed by atoms with Gasteiger partial charge in [-0.25, -0.2) is 12.7 Å². The number of piperidine rings is 1. The monoisotopic (exact) mass is 497 g/mol. The average Bonchev–Trinajstić information content (AvgIpc) is 2.75. The van der Waals surface area contributed by atoms with Gasteiger partial charge in [0, 0.05) is 46.1 Å². The minimum absolute atomic E-state index is 0.114. The summed E-state index contributed by atoms with van der Waals surface area (Å²) < 4.78 is 25.9. The molecule has 0 bridgehead atoms. The number of nitro benzene ring substituents is 1. The number of benzene rings is 2. The third-order valence-corrected chi connectivity index (χ3v) is 8.52. The number of nitro groups is 1. The van der Waals surface area contributed by atoms with Gasteiger partial charge in [-0.05, 0) is 49.6 Å². The second-order valence-corrected chi connectivity index (χ2v) is 11.1. The highest BCUT2D eigenvalue weighted by molar-refractivity contribution is 7.99. The lowest BCUT2D eigenvalue weighted by atomic mass is 10.1. The predicted molar refractivity (Wildman–Crippen MR) is 125 cm³/mol. The van der Waals surface area contributed by atoms with E-state index in [1.165, 1.54) is 28.2 Å². The fraction of sp³-hybridized carbons (Fsp3) is 0.381. The fourth-order valence-corrected chi connectivity index (χ4v) is 6.05. The molecule has 0 radical (unpaired) electrons. The van der Waals surface area contributed by atoms with E-state index in [1.54, 1.807) is 18.2 Å². The van der Waals surface area contributed by atoms with E-state index < -0.39 is 20.9 Å². The molecule has 32 heavy (non-hydrogen) atoms. The molecule has 0 unspecified atom stereocenters. The Balaban J connectivity index is 1.74. The number of hydrogen-bond acceptors (Lipinski definition) is 6. The number of rotatable bonds is 8. The summed E-state index contributed by atoms with van der Waals surface area (Å²) in [5.41, 5.74) is 0.0382. The summed E-state index contributed by atoms with van der Waals surface area (Å²) in [4.78, 5) is 25.2. The number of nitrogens with zero attached hydrogens (tertiary/aromatic N) is 2. The molecule has 172 valence electrons. The van der Waals surface area contributed by atoms with E-state index in [9.17, 15) is 23.3 Å². The standard InChI is InChI=1S/C21H24ClN3O5S2/c1-2-13-32(29,30)24-11-9-16(10-12-24)23-21(26)19-14-17(25(27)28)5-8-20(19)31-18-6-3-15(22)4-7-18/h3-8,14,16H,2,9-13H2,1H3,(H,23,26). The van der Waals surface area contributed by atoms with Crippen molar-refractivity contribution in [3.05, 3.63) is 63.2 Å². The predicted octanol–water partition coefficient (Wildman–Crippen LogP) is 4.33. The molecule has 1 fully saturated rings. The first kappa shape index (κ1) is 24.5. The minimum atomic E-state index is -3.26. The van der Waals surface area contributed by atoms with E-state index >= 15 is 0 Å². The molecule has 0 saturated carbocycles. The maximum atomic E-state index is 13.0. The smallest absolute Gasteiger partial charge is 0.270 e. The third-order valence-electron chi connectivity index (χ3n) is 5.10. The van der Waals surface area contributed by atoms with Crippen molar-refractivity contribution in [2.24, 2.45) is 0 Å².